The van der Waals surface area contributed by atoms with Gasteiger partial charge < -0.3 is 14.8 Å². The van der Waals surface area contributed by atoms with Gasteiger partial charge in [-0.3, -0.25) is 0 Å². The summed E-state index contributed by atoms with van der Waals surface area (Å²) in [5.41, 5.74) is 2.83. The smallest absolute Gasteiger partial charge is 0.194 e. The number of imidazole rings is 1. The number of hydrogen-bond donors (Lipinski definition) is 2. The predicted molar refractivity (Wildman–Crippen MR) is 82.9 cm³/mol. The van der Waals surface area contributed by atoms with E-state index in [0.29, 0.717) is 6.54 Å². The Morgan fingerprint density at radius 2 is 1.92 bits per heavy atom. The van der Waals surface area contributed by atoms with Crippen molar-refractivity contribution < 1.29 is 18.3 Å². The van der Waals surface area contributed by atoms with Gasteiger partial charge in [0.25, 0.3) is 0 Å². The van der Waals surface area contributed by atoms with Crippen molar-refractivity contribution in [2.45, 2.75) is 19.5 Å². The van der Waals surface area contributed by atoms with Crippen LogP contribution >= 0.6 is 0 Å². The molecular formula is C17H16F3N3O. The van der Waals surface area contributed by atoms with E-state index in [1.54, 1.807) is 6.20 Å². The molecule has 2 aromatic heterocycles. The van der Waals surface area contributed by atoms with Gasteiger partial charge in [0.15, 0.2) is 17.5 Å². The second kappa shape index (κ2) is 6.62. The molecule has 0 radical (unpaired) electrons. The Bertz CT molecular complexity index is 856. The zero-order valence-electron chi connectivity index (χ0n) is 12.9. The fraction of sp³-hybridized carbons (Fsp3) is 0.235. The first-order valence-electron chi connectivity index (χ1n) is 7.41. The lowest BCUT2D eigenvalue weighted by Gasteiger charge is -2.17. The molecule has 2 N–H and O–H groups in total. The van der Waals surface area contributed by atoms with Crippen LogP contribution < -0.4 is 5.32 Å². The van der Waals surface area contributed by atoms with Gasteiger partial charge >= 0.3 is 0 Å². The zero-order valence-corrected chi connectivity index (χ0v) is 12.9. The fourth-order valence-corrected chi connectivity index (χ4v) is 2.56. The van der Waals surface area contributed by atoms with Crippen LogP contribution in [0.5, 0.6) is 0 Å². The van der Waals surface area contributed by atoms with E-state index in [0.717, 1.165) is 29.0 Å². The average molecular weight is 335 g/mol. The summed E-state index contributed by atoms with van der Waals surface area (Å²) in [5, 5.41) is 12.5. The van der Waals surface area contributed by atoms with Crippen LogP contribution in [0.2, 0.25) is 0 Å². The first-order chi connectivity index (χ1) is 11.5. The van der Waals surface area contributed by atoms with Gasteiger partial charge in [-0.2, -0.15) is 0 Å². The molecule has 3 aromatic rings. The topological polar surface area (TPSA) is 49.6 Å². The lowest BCUT2D eigenvalue weighted by Crippen LogP contribution is -2.25. The Labute approximate surface area is 136 Å². The number of aromatic nitrogens is 2. The molecule has 0 saturated heterocycles. The molecule has 0 aliphatic heterocycles. The van der Waals surface area contributed by atoms with Crippen molar-refractivity contribution in [1.82, 2.24) is 14.7 Å². The number of hydrogen-bond acceptors (Lipinski definition) is 3. The lowest BCUT2D eigenvalue weighted by molar-refractivity contribution is 0.242. The van der Waals surface area contributed by atoms with E-state index in [4.69, 9.17) is 0 Å². The minimum absolute atomic E-state index is 0.138. The maximum atomic E-state index is 13.4. The van der Waals surface area contributed by atoms with Crippen LogP contribution in [0.4, 0.5) is 13.2 Å². The van der Waals surface area contributed by atoms with Gasteiger partial charge in [-0.1, -0.05) is 0 Å². The summed E-state index contributed by atoms with van der Waals surface area (Å²) in [6.45, 7) is 1.89. The molecule has 0 aliphatic carbocycles. The third kappa shape index (κ3) is 3.13. The van der Waals surface area contributed by atoms with E-state index in [-0.39, 0.29) is 12.2 Å². The van der Waals surface area contributed by atoms with Crippen LogP contribution in [0.3, 0.4) is 0 Å². The molecule has 0 fully saturated rings. The quantitative estimate of drug-likeness (QED) is 0.705. The largest absolute Gasteiger partial charge is 0.394 e. The number of aryl methyl sites for hydroxylation is 1. The molecule has 24 heavy (non-hydrogen) atoms. The molecule has 0 saturated carbocycles. The minimum atomic E-state index is -1.52. The molecule has 1 unspecified atom stereocenters. The van der Waals surface area contributed by atoms with Gasteiger partial charge in [0.05, 0.1) is 24.5 Å². The van der Waals surface area contributed by atoms with Crippen molar-refractivity contribution in [2.24, 2.45) is 0 Å². The second-order valence-corrected chi connectivity index (χ2v) is 5.60. The van der Waals surface area contributed by atoms with Crippen LogP contribution in [-0.4, -0.2) is 21.1 Å². The van der Waals surface area contributed by atoms with Gasteiger partial charge in [-0.25, -0.2) is 18.2 Å². The first kappa shape index (κ1) is 16.5. The third-order valence-electron chi connectivity index (χ3n) is 3.87. The first-order valence-corrected chi connectivity index (χ1v) is 7.41. The maximum Gasteiger partial charge on any atom is 0.194 e. The highest BCUT2D eigenvalue weighted by Gasteiger charge is 2.17. The van der Waals surface area contributed by atoms with E-state index in [1.165, 1.54) is 0 Å². The van der Waals surface area contributed by atoms with E-state index in [2.05, 4.69) is 10.3 Å². The maximum absolute atomic E-state index is 13.4. The average Bonchev–Trinajstić information content (AvgIpc) is 2.95. The Hall–Kier alpha value is -2.38. The molecule has 0 spiro atoms. The number of pyridine rings is 1. The van der Waals surface area contributed by atoms with Crippen molar-refractivity contribution in [3.05, 3.63) is 70.9 Å². The van der Waals surface area contributed by atoms with Gasteiger partial charge in [0.2, 0.25) is 0 Å². The molecule has 1 aromatic carbocycles. The van der Waals surface area contributed by atoms with Gasteiger partial charge in [0, 0.05) is 12.7 Å². The predicted octanol–water partition coefficient (Wildman–Crippen LogP) is 2.88. The number of nitrogens with one attached hydrogen (secondary N) is 1. The van der Waals surface area contributed by atoms with E-state index in [9.17, 15) is 18.3 Å². The summed E-state index contributed by atoms with van der Waals surface area (Å²) in [7, 11) is 0. The number of rotatable bonds is 5. The van der Waals surface area contributed by atoms with Crippen LogP contribution in [0.25, 0.3) is 5.65 Å². The standard InChI is InChI=1S/C17H16F3N3O/c1-10-2-3-23-12(8-22-16(23)4-10)7-21-15(9-24)11-5-13(18)17(20)14(19)6-11/h2-6,8,15,21,24H,7,9H2,1H3. The number of halogens is 3. The molecule has 2 heterocycles. The van der Waals surface area contributed by atoms with Crippen LogP contribution in [0.15, 0.2) is 36.7 Å². The number of benzene rings is 1. The SMILES string of the molecule is Cc1ccn2c(CNC(CO)c3cc(F)c(F)c(F)c3)cnc2c1. The molecule has 4 nitrogen and oxygen atoms in total. The summed E-state index contributed by atoms with van der Waals surface area (Å²) in [5.74, 6) is -4.08. The lowest BCUT2D eigenvalue weighted by atomic mass is 10.1. The molecule has 7 heteroatoms. The van der Waals surface area contributed by atoms with Crippen molar-refractivity contribution in [1.29, 1.82) is 0 Å². The van der Waals surface area contributed by atoms with Gasteiger partial charge in [-0.05, 0) is 42.3 Å². The fourth-order valence-electron chi connectivity index (χ4n) is 2.56. The summed E-state index contributed by atoms with van der Waals surface area (Å²) in [6, 6.07) is 4.89. The molecule has 0 aliphatic rings. The normalized spacial score (nSPS) is 12.7. The van der Waals surface area contributed by atoms with E-state index in [1.807, 2.05) is 29.7 Å². The molecular weight excluding hydrogens is 319 g/mol. The van der Waals surface area contributed by atoms with Gasteiger partial charge in [-0.15, -0.1) is 0 Å². The van der Waals surface area contributed by atoms with E-state index < -0.39 is 23.5 Å². The molecule has 1 atom stereocenters. The van der Waals surface area contributed by atoms with Crippen molar-refractivity contribution in [2.75, 3.05) is 6.61 Å². The van der Waals surface area contributed by atoms with Crippen LogP contribution in [-0.2, 0) is 6.54 Å². The Morgan fingerprint density at radius 1 is 1.21 bits per heavy atom. The summed E-state index contributed by atoms with van der Waals surface area (Å²) >= 11 is 0. The highest BCUT2D eigenvalue weighted by atomic mass is 19.2. The highest BCUT2D eigenvalue weighted by Crippen LogP contribution is 2.20. The van der Waals surface area contributed by atoms with Crippen LogP contribution in [0, 0.1) is 24.4 Å². The molecule has 126 valence electrons. The minimum Gasteiger partial charge on any atom is -0.394 e. The number of nitrogens with zero attached hydrogens (tertiary/aromatic N) is 2. The Balaban J connectivity index is 1.80. The Kier molecular flexibility index (Phi) is 4.55. The second-order valence-electron chi connectivity index (χ2n) is 5.60. The molecule has 0 amide bonds. The number of fused-ring (bicyclic) bond motifs is 1. The number of aliphatic hydroxyl groups excluding tert-OH is 1. The summed E-state index contributed by atoms with van der Waals surface area (Å²) in [4.78, 5) is 4.29. The summed E-state index contributed by atoms with van der Waals surface area (Å²) < 4.78 is 41.6. The molecule has 0 bridgehead atoms. The highest BCUT2D eigenvalue weighted by molar-refractivity contribution is 5.42. The summed E-state index contributed by atoms with van der Waals surface area (Å²) in [6.07, 6.45) is 3.56. The van der Waals surface area contributed by atoms with Crippen molar-refractivity contribution >= 4 is 5.65 Å². The van der Waals surface area contributed by atoms with Crippen molar-refractivity contribution in [3.8, 4) is 0 Å². The Morgan fingerprint density at radius 3 is 2.58 bits per heavy atom. The zero-order chi connectivity index (χ0) is 17.3. The van der Waals surface area contributed by atoms with E-state index >= 15 is 0 Å². The third-order valence-corrected chi connectivity index (χ3v) is 3.87. The molecule has 3 rings (SSSR count). The van der Waals surface area contributed by atoms with Gasteiger partial charge in [0.1, 0.15) is 5.65 Å². The monoisotopic (exact) mass is 335 g/mol. The van der Waals surface area contributed by atoms with Crippen LogP contribution in [0.1, 0.15) is 22.9 Å². The number of aliphatic hydroxyl groups is 1. The van der Waals surface area contributed by atoms with Crippen molar-refractivity contribution in [3.63, 3.8) is 0 Å².